The van der Waals surface area contributed by atoms with Crippen LogP contribution >= 0.6 is 11.3 Å². The summed E-state index contributed by atoms with van der Waals surface area (Å²) in [5.41, 5.74) is 3.21. The maximum Gasteiger partial charge on any atom is 0.314 e. The molecule has 2 rings (SSSR count). The first kappa shape index (κ1) is 17.5. The first-order chi connectivity index (χ1) is 10.9. The van der Waals surface area contributed by atoms with Gasteiger partial charge in [-0.2, -0.15) is 5.10 Å². The molecule has 0 aliphatic heterocycles. The summed E-state index contributed by atoms with van der Waals surface area (Å²) in [4.78, 5) is 16.2. The Bertz CT molecular complexity index is 649. The lowest BCUT2D eigenvalue weighted by atomic mass is 10.2. The minimum atomic E-state index is -0.128. The third-order valence-electron chi connectivity index (χ3n) is 3.53. The first-order valence-electron chi connectivity index (χ1n) is 7.88. The van der Waals surface area contributed by atoms with Crippen LogP contribution in [0.15, 0.2) is 11.4 Å². The van der Waals surface area contributed by atoms with Crippen LogP contribution in [0.5, 0.6) is 0 Å². The van der Waals surface area contributed by atoms with Crippen molar-refractivity contribution in [1.82, 2.24) is 25.4 Å². The molecule has 0 aliphatic rings. The lowest BCUT2D eigenvalue weighted by Gasteiger charge is -2.14. The predicted octanol–water partition coefficient (Wildman–Crippen LogP) is 2.44. The quantitative estimate of drug-likeness (QED) is 0.816. The Labute approximate surface area is 141 Å². The SMILES string of the molecule is Cc1cc(C)n(C[C@H](C)CNC(=O)NCCc2csc(C)n2)n1. The van der Waals surface area contributed by atoms with Crippen LogP contribution in [-0.2, 0) is 13.0 Å². The average molecular weight is 335 g/mol. The molecule has 2 heterocycles. The molecule has 7 heteroatoms. The molecule has 0 unspecified atom stereocenters. The molecule has 0 fully saturated rings. The van der Waals surface area contributed by atoms with Gasteiger partial charge in [0.2, 0.25) is 0 Å². The molecule has 0 saturated carbocycles. The number of rotatable bonds is 7. The number of urea groups is 1. The Hall–Kier alpha value is -1.89. The summed E-state index contributed by atoms with van der Waals surface area (Å²) in [7, 11) is 0. The summed E-state index contributed by atoms with van der Waals surface area (Å²) >= 11 is 1.63. The Balaban J connectivity index is 1.64. The molecule has 0 radical (unpaired) electrons. The Morgan fingerprint density at radius 3 is 2.74 bits per heavy atom. The predicted molar refractivity (Wildman–Crippen MR) is 92.8 cm³/mol. The van der Waals surface area contributed by atoms with Gasteiger partial charge in [0.15, 0.2) is 0 Å². The van der Waals surface area contributed by atoms with E-state index in [1.807, 2.05) is 30.8 Å². The molecule has 0 spiro atoms. The first-order valence-corrected chi connectivity index (χ1v) is 8.75. The second-order valence-electron chi connectivity index (χ2n) is 5.96. The molecule has 6 nitrogen and oxygen atoms in total. The molecular formula is C16H25N5OS. The summed E-state index contributed by atoms with van der Waals surface area (Å²) in [5, 5.41) is 13.3. The summed E-state index contributed by atoms with van der Waals surface area (Å²) in [5.74, 6) is 0.319. The van der Waals surface area contributed by atoms with Crippen LogP contribution in [0.1, 0.15) is 29.0 Å². The molecule has 0 bridgehead atoms. The highest BCUT2D eigenvalue weighted by Crippen LogP contribution is 2.08. The van der Waals surface area contributed by atoms with Crippen molar-refractivity contribution >= 4 is 17.4 Å². The van der Waals surface area contributed by atoms with Crippen molar-refractivity contribution in [3.8, 4) is 0 Å². The van der Waals surface area contributed by atoms with Crippen LogP contribution in [0.2, 0.25) is 0 Å². The normalized spacial score (nSPS) is 12.2. The number of aromatic nitrogens is 3. The molecule has 126 valence electrons. The van der Waals surface area contributed by atoms with E-state index in [2.05, 4.69) is 33.7 Å². The maximum atomic E-state index is 11.8. The number of thiazole rings is 1. The van der Waals surface area contributed by atoms with Crippen molar-refractivity contribution < 1.29 is 4.79 Å². The van der Waals surface area contributed by atoms with Gasteiger partial charge in [-0.1, -0.05) is 6.92 Å². The van der Waals surface area contributed by atoms with E-state index in [-0.39, 0.29) is 6.03 Å². The van der Waals surface area contributed by atoms with E-state index in [1.54, 1.807) is 11.3 Å². The number of carbonyl (C=O) groups excluding carboxylic acids is 1. The minimum Gasteiger partial charge on any atom is -0.338 e. The lowest BCUT2D eigenvalue weighted by Crippen LogP contribution is -2.39. The van der Waals surface area contributed by atoms with Gasteiger partial charge in [-0.05, 0) is 32.8 Å². The monoisotopic (exact) mass is 335 g/mol. The zero-order chi connectivity index (χ0) is 16.8. The molecule has 2 aromatic heterocycles. The van der Waals surface area contributed by atoms with Crippen LogP contribution in [0.25, 0.3) is 0 Å². The number of aryl methyl sites for hydroxylation is 3. The van der Waals surface area contributed by atoms with Gasteiger partial charge in [-0.15, -0.1) is 11.3 Å². The number of carbonyl (C=O) groups is 1. The minimum absolute atomic E-state index is 0.128. The molecule has 2 aromatic rings. The third-order valence-corrected chi connectivity index (χ3v) is 4.35. The summed E-state index contributed by atoms with van der Waals surface area (Å²) in [6.45, 7) is 10.2. The van der Waals surface area contributed by atoms with E-state index in [9.17, 15) is 4.79 Å². The average Bonchev–Trinajstić information content (AvgIpc) is 3.02. The second-order valence-corrected chi connectivity index (χ2v) is 7.02. The van der Waals surface area contributed by atoms with E-state index in [4.69, 9.17) is 0 Å². The standard InChI is InChI=1S/C16H25N5OS/c1-11(9-21-13(3)7-12(2)20-21)8-18-16(22)17-6-5-15-10-23-14(4)19-15/h7,10-11H,5-6,8-9H2,1-4H3,(H2,17,18,22)/t11-/m1/s1. The zero-order valence-corrected chi connectivity index (χ0v) is 15.0. The molecule has 0 saturated heterocycles. The molecule has 2 amide bonds. The summed E-state index contributed by atoms with van der Waals surface area (Å²) in [6.07, 6.45) is 0.763. The van der Waals surface area contributed by atoms with Gasteiger partial charge < -0.3 is 10.6 Å². The second kappa shape index (κ2) is 8.10. The number of amides is 2. The highest BCUT2D eigenvalue weighted by molar-refractivity contribution is 7.09. The Kier molecular flexibility index (Phi) is 6.15. The Morgan fingerprint density at radius 1 is 1.35 bits per heavy atom. The van der Waals surface area contributed by atoms with E-state index in [1.165, 1.54) is 0 Å². The highest BCUT2D eigenvalue weighted by atomic mass is 32.1. The molecule has 1 atom stereocenters. The topological polar surface area (TPSA) is 71.8 Å². The van der Waals surface area contributed by atoms with E-state index < -0.39 is 0 Å². The highest BCUT2D eigenvalue weighted by Gasteiger charge is 2.09. The molecule has 2 N–H and O–H groups in total. The van der Waals surface area contributed by atoms with Gasteiger partial charge >= 0.3 is 6.03 Å². The van der Waals surface area contributed by atoms with Crippen molar-refractivity contribution in [1.29, 1.82) is 0 Å². The number of nitrogens with one attached hydrogen (secondary N) is 2. The van der Waals surface area contributed by atoms with Crippen molar-refractivity contribution in [2.45, 2.75) is 40.7 Å². The summed E-state index contributed by atoms with van der Waals surface area (Å²) in [6, 6.07) is 1.93. The molecule has 23 heavy (non-hydrogen) atoms. The fourth-order valence-electron chi connectivity index (χ4n) is 2.38. The van der Waals surface area contributed by atoms with Gasteiger partial charge in [0.1, 0.15) is 0 Å². The van der Waals surface area contributed by atoms with E-state index in [0.717, 1.165) is 35.1 Å². The van der Waals surface area contributed by atoms with Crippen molar-refractivity contribution in [2.24, 2.45) is 5.92 Å². The molecule has 0 aliphatic carbocycles. The lowest BCUT2D eigenvalue weighted by molar-refractivity contribution is 0.238. The van der Waals surface area contributed by atoms with Crippen molar-refractivity contribution in [3.63, 3.8) is 0 Å². The van der Waals surface area contributed by atoms with Crippen LogP contribution in [-0.4, -0.2) is 33.9 Å². The van der Waals surface area contributed by atoms with Crippen molar-refractivity contribution in [2.75, 3.05) is 13.1 Å². The van der Waals surface area contributed by atoms with Gasteiger partial charge in [0, 0.05) is 37.1 Å². The van der Waals surface area contributed by atoms with Gasteiger partial charge in [-0.25, -0.2) is 9.78 Å². The van der Waals surface area contributed by atoms with E-state index >= 15 is 0 Å². The number of hydrogen-bond acceptors (Lipinski definition) is 4. The number of nitrogens with zero attached hydrogens (tertiary/aromatic N) is 3. The van der Waals surface area contributed by atoms with Crippen LogP contribution in [0, 0.1) is 26.7 Å². The van der Waals surface area contributed by atoms with Crippen molar-refractivity contribution in [3.05, 3.63) is 33.5 Å². The molecule has 0 aromatic carbocycles. The van der Waals surface area contributed by atoms with Gasteiger partial charge in [-0.3, -0.25) is 4.68 Å². The van der Waals surface area contributed by atoms with Gasteiger partial charge in [0.05, 0.1) is 16.4 Å². The summed E-state index contributed by atoms with van der Waals surface area (Å²) < 4.78 is 1.99. The largest absolute Gasteiger partial charge is 0.338 e. The Morgan fingerprint density at radius 2 is 2.13 bits per heavy atom. The number of hydrogen-bond donors (Lipinski definition) is 2. The van der Waals surface area contributed by atoms with E-state index in [0.29, 0.717) is 19.0 Å². The maximum absolute atomic E-state index is 11.8. The fourth-order valence-corrected chi connectivity index (χ4v) is 3.02. The van der Waals surface area contributed by atoms with Gasteiger partial charge in [0.25, 0.3) is 0 Å². The molecular weight excluding hydrogens is 310 g/mol. The van der Waals surface area contributed by atoms with Crippen LogP contribution < -0.4 is 10.6 Å². The fraction of sp³-hybridized carbons (Fsp3) is 0.562. The smallest absolute Gasteiger partial charge is 0.314 e. The third kappa shape index (κ3) is 5.67. The zero-order valence-electron chi connectivity index (χ0n) is 14.2. The van der Waals surface area contributed by atoms with Crippen LogP contribution in [0.4, 0.5) is 4.79 Å². The van der Waals surface area contributed by atoms with Crippen LogP contribution in [0.3, 0.4) is 0 Å².